The molecule has 0 bridgehead atoms. The Morgan fingerprint density at radius 2 is 1.76 bits per heavy atom. The number of ether oxygens (including phenoxy) is 2. The van der Waals surface area contributed by atoms with Crippen LogP contribution in [0.15, 0.2) is 36.4 Å². The number of aliphatic hydroxyl groups excluding tert-OH is 1. The third-order valence-corrected chi connectivity index (χ3v) is 3.67. The van der Waals surface area contributed by atoms with Gasteiger partial charge < -0.3 is 14.6 Å². The third-order valence-electron chi connectivity index (χ3n) is 3.67. The average molecular weight is 284 g/mol. The fraction of sp³-hybridized carbons (Fsp3) is 0.333. The largest absolute Gasteiger partial charge is 0.486 e. The normalized spacial score (nSPS) is 14.8. The van der Waals surface area contributed by atoms with E-state index in [-0.39, 0.29) is 0 Å². The molecule has 0 saturated carbocycles. The molecule has 0 amide bonds. The molecule has 1 unspecified atom stereocenters. The predicted molar refractivity (Wildman–Crippen MR) is 82.0 cm³/mol. The Morgan fingerprint density at radius 3 is 2.52 bits per heavy atom. The summed E-state index contributed by atoms with van der Waals surface area (Å²) in [7, 11) is 0. The van der Waals surface area contributed by atoms with E-state index < -0.39 is 6.10 Å². The first-order chi connectivity index (χ1) is 10.1. The second kappa shape index (κ2) is 5.78. The molecule has 1 atom stereocenters. The second-order valence-corrected chi connectivity index (χ2v) is 5.59. The maximum Gasteiger partial charge on any atom is 0.167 e. The number of rotatable bonds is 3. The fourth-order valence-electron chi connectivity index (χ4n) is 2.88. The lowest BCUT2D eigenvalue weighted by atomic mass is 9.97. The minimum Gasteiger partial charge on any atom is -0.486 e. The van der Waals surface area contributed by atoms with Crippen molar-refractivity contribution in [3.05, 3.63) is 58.7 Å². The fourth-order valence-corrected chi connectivity index (χ4v) is 2.88. The maximum atomic E-state index is 10.6. The van der Waals surface area contributed by atoms with Gasteiger partial charge in [0, 0.05) is 12.0 Å². The minimum absolute atomic E-state index is 0.528. The lowest BCUT2D eigenvalue weighted by Crippen LogP contribution is -2.17. The van der Waals surface area contributed by atoms with Crippen LogP contribution in [0.2, 0.25) is 0 Å². The van der Waals surface area contributed by atoms with Gasteiger partial charge in [-0.15, -0.1) is 0 Å². The number of fused-ring (bicyclic) bond motifs is 1. The molecular weight excluding hydrogens is 264 g/mol. The van der Waals surface area contributed by atoms with Crippen molar-refractivity contribution >= 4 is 0 Å². The Morgan fingerprint density at radius 1 is 1.05 bits per heavy atom. The Labute approximate surface area is 125 Å². The Hall–Kier alpha value is -2.00. The van der Waals surface area contributed by atoms with E-state index in [9.17, 15) is 5.11 Å². The van der Waals surface area contributed by atoms with E-state index in [1.54, 1.807) is 0 Å². The smallest absolute Gasteiger partial charge is 0.167 e. The molecule has 0 spiro atoms. The van der Waals surface area contributed by atoms with E-state index in [1.807, 2.05) is 18.2 Å². The van der Waals surface area contributed by atoms with Crippen LogP contribution in [-0.4, -0.2) is 18.3 Å². The van der Waals surface area contributed by atoms with Crippen LogP contribution in [0.25, 0.3) is 0 Å². The quantitative estimate of drug-likeness (QED) is 0.939. The minimum atomic E-state index is -0.595. The molecule has 1 aliphatic heterocycles. The molecule has 1 N–H and O–H groups in total. The summed E-state index contributed by atoms with van der Waals surface area (Å²) in [6, 6.07) is 12.0. The standard InChI is InChI=1S/C18H20O3/c1-12-8-13(2)10-14(9-12)11-16(19)15-4-3-5-17-18(15)21-7-6-20-17/h3-5,8-10,16,19H,6-7,11H2,1-2H3. The zero-order valence-corrected chi connectivity index (χ0v) is 12.4. The Kier molecular flexibility index (Phi) is 3.84. The first kappa shape index (κ1) is 14.0. The monoisotopic (exact) mass is 284 g/mol. The summed E-state index contributed by atoms with van der Waals surface area (Å²) in [5.74, 6) is 1.40. The number of hydrogen-bond donors (Lipinski definition) is 1. The van der Waals surface area contributed by atoms with E-state index in [2.05, 4.69) is 32.0 Å². The van der Waals surface area contributed by atoms with Crippen LogP contribution in [0.1, 0.15) is 28.4 Å². The summed E-state index contributed by atoms with van der Waals surface area (Å²) >= 11 is 0. The summed E-state index contributed by atoms with van der Waals surface area (Å²) in [5.41, 5.74) is 4.36. The summed E-state index contributed by atoms with van der Waals surface area (Å²) < 4.78 is 11.2. The van der Waals surface area contributed by atoms with E-state index in [1.165, 1.54) is 11.1 Å². The summed E-state index contributed by atoms with van der Waals surface area (Å²) in [4.78, 5) is 0. The molecule has 110 valence electrons. The lowest BCUT2D eigenvalue weighted by Gasteiger charge is -2.23. The molecule has 3 heteroatoms. The highest BCUT2D eigenvalue weighted by Crippen LogP contribution is 2.37. The second-order valence-electron chi connectivity index (χ2n) is 5.59. The van der Waals surface area contributed by atoms with Crippen molar-refractivity contribution < 1.29 is 14.6 Å². The summed E-state index contributed by atoms with van der Waals surface area (Å²) in [6.45, 7) is 5.23. The predicted octanol–water partition coefficient (Wildman–Crippen LogP) is 3.35. The van der Waals surface area contributed by atoms with Crippen LogP contribution in [0.5, 0.6) is 11.5 Å². The zero-order chi connectivity index (χ0) is 14.8. The molecule has 1 heterocycles. The van der Waals surface area contributed by atoms with Gasteiger partial charge in [-0.3, -0.25) is 0 Å². The van der Waals surface area contributed by atoms with Crippen molar-refractivity contribution in [2.75, 3.05) is 13.2 Å². The van der Waals surface area contributed by atoms with Gasteiger partial charge in [-0.2, -0.15) is 0 Å². The molecule has 21 heavy (non-hydrogen) atoms. The van der Waals surface area contributed by atoms with Gasteiger partial charge in [-0.1, -0.05) is 41.5 Å². The molecule has 3 rings (SSSR count). The number of para-hydroxylation sites is 1. The van der Waals surface area contributed by atoms with Gasteiger partial charge in [0.1, 0.15) is 13.2 Å². The highest BCUT2D eigenvalue weighted by molar-refractivity contribution is 5.48. The van der Waals surface area contributed by atoms with E-state index in [0.29, 0.717) is 25.4 Å². The van der Waals surface area contributed by atoms with Gasteiger partial charge in [-0.05, 0) is 25.5 Å². The van der Waals surface area contributed by atoms with Crippen LogP contribution >= 0.6 is 0 Å². The molecule has 2 aromatic carbocycles. The SMILES string of the molecule is Cc1cc(C)cc(CC(O)c2cccc3c2OCCO3)c1. The van der Waals surface area contributed by atoms with Crippen LogP contribution in [0.4, 0.5) is 0 Å². The van der Waals surface area contributed by atoms with E-state index in [4.69, 9.17) is 9.47 Å². The molecule has 0 aromatic heterocycles. The van der Waals surface area contributed by atoms with Crippen LogP contribution in [0, 0.1) is 13.8 Å². The summed E-state index contributed by atoms with van der Waals surface area (Å²) in [5, 5.41) is 10.6. The van der Waals surface area contributed by atoms with Crippen LogP contribution < -0.4 is 9.47 Å². The van der Waals surface area contributed by atoms with Crippen molar-refractivity contribution in [2.45, 2.75) is 26.4 Å². The highest BCUT2D eigenvalue weighted by atomic mass is 16.6. The Balaban J connectivity index is 1.87. The van der Waals surface area contributed by atoms with Gasteiger partial charge in [0.15, 0.2) is 11.5 Å². The number of hydrogen-bond acceptors (Lipinski definition) is 3. The van der Waals surface area contributed by atoms with Crippen molar-refractivity contribution in [2.24, 2.45) is 0 Å². The summed E-state index contributed by atoms with van der Waals surface area (Å²) in [6.07, 6.45) is -0.0228. The lowest BCUT2D eigenvalue weighted by molar-refractivity contribution is 0.146. The van der Waals surface area contributed by atoms with E-state index >= 15 is 0 Å². The molecule has 2 aromatic rings. The molecule has 3 nitrogen and oxygen atoms in total. The number of aryl methyl sites for hydroxylation is 2. The van der Waals surface area contributed by atoms with Gasteiger partial charge in [0.05, 0.1) is 6.10 Å². The topological polar surface area (TPSA) is 38.7 Å². The molecule has 0 fully saturated rings. The maximum absolute atomic E-state index is 10.6. The molecule has 0 saturated heterocycles. The molecular formula is C18H20O3. The van der Waals surface area contributed by atoms with Gasteiger partial charge >= 0.3 is 0 Å². The first-order valence-electron chi connectivity index (χ1n) is 7.27. The van der Waals surface area contributed by atoms with E-state index in [0.717, 1.165) is 16.9 Å². The van der Waals surface area contributed by atoms with Crippen molar-refractivity contribution in [3.8, 4) is 11.5 Å². The number of benzene rings is 2. The van der Waals surface area contributed by atoms with Gasteiger partial charge in [0.2, 0.25) is 0 Å². The van der Waals surface area contributed by atoms with Crippen LogP contribution in [0.3, 0.4) is 0 Å². The molecule has 0 radical (unpaired) electrons. The van der Waals surface area contributed by atoms with Crippen molar-refractivity contribution in [1.29, 1.82) is 0 Å². The molecule has 0 aliphatic carbocycles. The number of aliphatic hydroxyl groups is 1. The van der Waals surface area contributed by atoms with Crippen molar-refractivity contribution in [1.82, 2.24) is 0 Å². The van der Waals surface area contributed by atoms with Crippen LogP contribution in [-0.2, 0) is 6.42 Å². The Bertz CT molecular complexity index is 629. The van der Waals surface area contributed by atoms with Gasteiger partial charge in [-0.25, -0.2) is 0 Å². The third kappa shape index (κ3) is 3.03. The zero-order valence-electron chi connectivity index (χ0n) is 12.4. The van der Waals surface area contributed by atoms with Crippen molar-refractivity contribution in [3.63, 3.8) is 0 Å². The highest BCUT2D eigenvalue weighted by Gasteiger charge is 2.20. The average Bonchev–Trinajstić information content (AvgIpc) is 2.45. The van der Waals surface area contributed by atoms with Gasteiger partial charge in [0.25, 0.3) is 0 Å². The first-order valence-corrected chi connectivity index (χ1v) is 7.27. The molecule has 1 aliphatic rings.